The third kappa shape index (κ3) is 2.45. The molecule has 1 heterocycles. The first kappa shape index (κ1) is 11.5. The van der Waals surface area contributed by atoms with E-state index in [1.54, 1.807) is 0 Å². The molecule has 0 saturated carbocycles. The van der Waals surface area contributed by atoms with Gasteiger partial charge >= 0.3 is 0 Å². The summed E-state index contributed by atoms with van der Waals surface area (Å²) in [5, 5.41) is 2.94. The number of carbonyl (C=O) groups is 1. The molecule has 0 aliphatic carbocycles. The Labute approximate surface area is 85.8 Å². The highest BCUT2D eigenvalue weighted by atomic mass is 16.2. The summed E-state index contributed by atoms with van der Waals surface area (Å²) < 4.78 is 0. The zero-order chi connectivity index (χ0) is 10.8. The largest absolute Gasteiger partial charge is 0.354 e. The third-order valence-electron chi connectivity index (χ3n) is 2.75. The van der Waals surface area contributed by atoms with Crippen molar-refractivity contribution in [1.82, 2.24) is 10.2 Å². The van der Waals surface area contributed by atoms with Gasteiger partial charge in [0.15, 0.2) is 0 Å². The van der Waals surface area contributed by atoms with Gasteiger partial charge in [-0.2, -0.15) is 0 Å². The first-order valence-electron chi connectivity index (χ1n) is 5.22. The van der Waals surface area contributed by atoms with E-state index in [0.717, 1.165) is 19.6 Å². The molecule has 14 heavy (non-hydrogen) atoms. The summed E-state index contributed by atoms with van der Waals surface area (Å²) >= 11 is 0. The molecule has 0 bridgehead atoms. The molecule has 0 aromatic heterocycles. The Kier molecular flexibility index (Phi) is 3.50. The van der Waals surface area contributed by atoms with Crippen molar-refractivity contribution in [3.05, 3.63) is 0 Å². The molecule has 1 amide bonds. The molecule has 1 unspecified atom stereocenters. The minimum atomic E-state index is -0.151. The lowest BCUT2D eigenvalue weighted by Crippen LogP contribution is -2.48. The maximum atomic E-state index is 11.7. The Morgan fingerprint density at radius 2 is 2.29 bits per heavy atom. The second-order valence-electron chi connectivity index (χ2n) is 4.70. The minimum Gasteiger partial charge on any atom is -0.354 e. The van der Waals surface area contributed by atoms with Gasteiger partial charge in [-0.15, -0.1) is 0 Å². The van der Waals surface area contributed by atoms with Crippen LogP contribution in [0.2, 0.25) is 0 Å². The van der Waals surface area contributed by atoms with Crippen LogP contribution in [0.3, 0.4) is 0 Å². The van der Waals surface area contributed by atoms with E-state index in [2.05, 4.69) is 31.0 Å². The van der Waals surface area contributed by atoms with Crippen LogP contribution in [0.4, 0.5) is 0 Å². The van der Waals surface area contributed by atoms with Gasteiger partial charge in [0.2, 0.25) is 5.91 Å². The molecule has 0 spiro atoms. The lowest BCUT2D eigenvalue weighted by molar-refractivity contribution is -0.125. The lowest BCUT2D eigenvalue weighted by atomic mass is 9.93. The number of nitrogens with two attached hydrogens (primary N) is 1. The molecule has 1 aliphatic heterocycles. The SMILES string of the molecule is CCN1CC(C)(C)CNC(=O)C1CN. The van der Waals surface area contributed by atoms with Crippen molar-refractivity contribution in [3.8, 4) is 0 Å². The minimum absolute atomic E-state index is 0.0694. The quantitative estimate of drug-likeness (QED) is 0.647. The lowest BCUT2D eigenvalue weighted by Gasteiger charge is -2.30. The summed E-state index contributed by atoms with van der Waals surface area (Å²) in [6.07, 6.45) is 0. The predicted octanol–water partition coefficient (Wildman–Crippen LogP) is -0.208. The van der Waals surface area contributed by atoms with Crippen LogP contribution in [0.15, 0.2) is 0 Å². The highest BCUT2D eigenvalue weighted by Crippen LogP contribution is 2.20. The average molecular weight is 199 g/mol. The van der Waals surface area contributed by atoms with Crippen LogP contribution >= 0.6 is 0 Å². The van der Waals surface area contributed by atoms with E-state index in [9.17, 15) is 4.79 Å². The van der Waals surface area contributed by atoms with E-state index in [0.29, 0.717) is 6.54 Å². The Morgan fingerprint density at radius 1 is 1.64 bits per heavy atom. The number of hydrogen-bond donors (Lipinski definition) is 2. The van der Waals surface area contributed by atoms with E-state index in [1.165, 1.54) is 0 Å². The molecule has 1 atom stereocenters. The van der Waals surface area contributed by atoms with Crippen molar-refractivity contribution in [2.75, 3.05) is 26.2 Å². The molecule has 0 aromatic carbocycles. The van der Waals surface area contributed by atoms with Crippen LogP contribution in [-0.2, 0) is 4.79 Å². The third-order valence-corrected chi connectivity index (χ3v) is 2.75. The Morgan fingerprint density at radius 3 is 2.79 bits per heavy atom. The molecular weight excluding hydrogens is 178 g/mol. The van der Waals surface area contributed by atoms with Crippen molar-refractivity contribution < 1.29 is 4.79 Å². The molecule has 0 radical (unpaired) electrons. The van der Waals surface area contributed by atoms with E-state index in [-0.39, 0.29) is 17.4 Å². The maximum Gasteiger partial charge on any atom is 0.238 e. The van der Waals surface area contributed by atoms with Gasteiger partial charge in [0.25, 0.3) is 0 Å². The summed E-state index contributed by atoms with van der Waals surface area (Å²) in [7, 11) is 0. The van der Waals surface area contributed by atoms with E-state index < -0.39 is 0 Å². The molecule has 1 fully saturated rings. The topological polar surface area (TPSA) is 58.4 Å². The van der Waals surface area contributed by atoms with Crippen LogP contribution in [0, 0.1) is 5.41 Å². The van der Waals surface area contributed by atoms with E-state index in [1.807, 2.05) is 0 Å². The average Bonchev–Trinajstić information content (AvgIpc) is 2.24. The van der Waals surface area contributed by atoms with Gasteiger partial charge in [0.1, 0.15) is 6.04 Å². The van der Waals surface area contributed by atoms with Gasteiger partial charge in [0.05, 0.1) is 0 Å². The molecule has 1 rings (SSSR count). The Bertz CT molecular complexity index is 215. The highest BCUT2D eigenvalue weighted by molar-refractivity contribution is 5.82. The number of carbonyl (C=O) groups excluding carboxylic acids is 1. The van der Waals surface area contributed by atoms with Crippen LogP contribution in [0.5, 0.6) is 0 Å². The van der Waals surface area contributed by atoms with Crippen molar-refractivity contribution in [2.45, 2.75) is 26.8 Å². The summed E-state index contributed by atoms with van der Waals surface area (Å²) in [5.41, 5.74) is 5.75. The fourth-order valence-electron chi connectivity index (χ4n) is 1.91. The van der Waals surface area contributed by atoms with E-state index >= 15 is 0 Å². The van der Waals surface area contributed by atoms with Gasteiger partial charge in [-0.1, -0.05) is 20.8 Å². The molecule has 4 heteroatoms. The molecule has 82 valence electrons. The number of nitrogens with one attached hydrogen (secondary N) is 1. The summed E-state index contributed by atoms with van der Waals surface area (Å²) in [5.74, 6) is 0.0694. The summed E-state index contributed by atoms with van der Waals surface area (Å²) in [6.45, 7) is 9.32. The van der Waals surface area contributed by atoms with Crippen LogP contribution in [0.1, 0.15) is 20.8 Å². The molecular formula is C10H21N3O. The van der Waals surface area contributed by atoms with Crippen LogP contribution < -0.4 is 11.1 Å². The number of likely N-dealkylation sites (N-methyl/N-ethyl adjacent to an activating group) is 1. The monoisotopic (exact) mass is 199 g/mol. The number of rotatable bonds is 2. The fourth-order valence-corrected chi connectivity index (χ4v) is 1.91. The number of nitrogens with zero attached hydrogens (tertiary/aromatic N) is 1. The number of hydrogen-bond acceptors (Lipinski definition) is 3. The van der Waals surface area contributed by atoms with Crippen molar-refractivity contribution in [1.29, 1.82) is 0 Å². The van der Waals surface area contributed by atoms with Gasteiger partial charge in [-0.25, -0.2) is 0 Å². The standard InChI is InChI=1S/C10H21N3O/c1-4-13-7-10(2,3)6-12-9(14)8(13)5-11/h8H,4-7,11H2,1-3H3,(H,12,14). The number of amides is 1. The van der Waals surface area contributed by atoms with Crippen molar-refractivity contribution in [2.24, 2.45) is 11.1 Å². The van der Waals surface area contributed by atoms with Crippen molar-refractivity contribution in [3.63, 3.8) is 0 Å². The maximum absolute atomic E-state index is 11.7. The van der Waals surface area contributed by atoms with Crippen LogP contribution in [-0.4, -0.2) is 43.0 Å². The van der Waals surface area contributed by atoms with Crippen LogP contribution in [0.25, 0.3) is 0 Å². The second-order valence-corrected chi connectivity index (χ2v) is 4.70. The first-order chi connectivity index (χ1) is 6.50. The summed E-state index contributed by atoms with van der Waals surface area (Å²) in [6, 6.07) is -0.151. The molecule has 0 aromatic rings. The normalized spacial score (nSPS) is 28.3. The molecule has 4 nitrogen and oxygen atoms in total. The Balaban J connectivity index is 2.80. The molecule has 3 N–H and O–H groups in total. The predicted molar refractivity (Wildman–Crippen MR) is 56.9 cm³/mol. The Hall–Kier alpha value is -0.610. The van der Waals surface area contributed by atoms with Gasteiger partial charge in [-0.3, -0.25) is 9.69 Å². The fraction of sp³-hybridized carbons (Fsp3) is 0.900. The molecule has 1 aliphatic rings. The van der Waals surface area contributed by atoms with Gasteiger partial charge in [-0.05, 0) is 12.0 Å². The van der Waals surface area contributed by atoms with Gasteiger partial charge < -0.3 is 11.1 Å². The van der Waals surface area contributed by atoms with E-state index in [4.69, 9.17) is 5.73 Å². The zero-order valence-corrected chi connectivity index (χ0v) is 9.34. The molecule has 1 saturated heterocycles. The van der Waals surface area contributed by atoms with Crippen molar-refractivity contribution >= 4 is 5.91 Å². The van der Waals surface area contributed by atoms with Gasteiger partial charge in [0, 0.05) is 19.6 Å². The first-order valence-corrected chi connectivity index (χ1v) is 5.22. The summed E-state index contributed by atoms with van der Waals surface area (Å²) in [4.78, 5) is 13.8. The smallest absolute Gasteiger partial charge is 0.238 e. The zero-order valence-electron chi connectivity index (χ0n) is 9.34. The second kappa shape index (κ2) is 4.28. The highest BCUT2D eigenvalue weighted by Gasteiger charge is 2.33.